The number of nitrogens with zero attached hydrogens (tertiary/aromatic N) is 1. The van der Waals surface area contributed by atoms with Gasteiger partial charge < -0.3 is 14.8 Å². The summed E-state index contributed by atoms with van der Waals surface area (Å²) in [4.78, 5) is 2.38. The Kier molecular flexibility index (Phi) is 6.10. The Labute approximate surface area is 86.6 Å². The van der Waals surface area contributed by atoms with Gasteiger partial charge in [-0.15, -0.1) is 0 Å². The first kappa shape index (κ1) is 11.9. The highest BCUT2D eigenvalue weighted by Crippen LogP contribution is 1.97. The predicted octanol–water partition coefficient (Wildman–Crippen LogP) is -0.0569. The molecule has 1 rings (SSSR count). The summed E-state index contributed by atoms with van der Waals surface area (Å²) in [5.74, 6) is 0. The molecule has 1 unspecified atom stereocenters. The molecule has 14 heavy (non-hydrogen) atoms. The maximum absolute atomic E-state index is 5.41. The first-order chi connectivity index (χ1) is 6.86. The van der Waals surface area contributed by atoms with E-state index in [9.17, 15) is 0 Å². The van der Waals surface area contributed by atoms with Gasteiger partial charge in [0.15, 0.2) is 0 Å². The van der Waals surface area contributed by atoms with Crippen molar-refractivity contribution in [1.82, 2.24) is 10.2 Å². The number of ether oxygens (including phenoxy) is 2. The van der Waals surface area contributed by atoms with Gasteiger partial charge in [-0.1, -0.05) is 6.92 Å². The van der Waals surface area contributed by atoms with Crippen molar-refractivity contribution in [3.8, 4) is 0 Å². The Morgan fingerprint density at radius 1 is 1.57 bits per heavy atom. The largest absolute Gasteiger partial charge is 0.383 e. The summed E-state index contributed by atoms with van der Waals surface area (Å²) in [6, 6.07) is 0.487. The van der Waals surface area contributed by atoms with Crippen molar-refractivity contribution in [1.29, 1.82) is 0 Å². The molecule has 0 aromatic rings. The zero-order chi connectivity index (χ0) is 10.2. The van der Waals surface area contributed by atoms with E-state index in [2.05, 4.69) is 17.1 Å². The molecule has 1 aliphatic rings. The quantitative estimate of drug-likeness (QED) is 0.654. The number of hydrogen-bond donors (Lipinski definition) is 1. The van der Waals surface area contributed by atoms with E-state index in [0.29, 0.717) is 6.04 Å². The van der Waals surface area contributed by atoms with Gasteiger partial charge >= 0.3 is 0 Å². The van der Waals surface area contributed by atoms with Crippen molar-refractivity contribution in [2.75, 3.05) is 53.1 Å². The van der Waals surface area contributed by atoms with Gasteiger partial charge in [0.25, 0.3) is 0 Å². The van der Waals surface area contributed by atoms with Crippen LogP contribution in [0.1, 0.15) is 6.92 Å². The van der Waals surface area contributed by atoms with E-state index in [1.807, 2.05) is 0 Å². The molecule has 1 saturated heterocycles. The fourth-order valence-electron chi connectivity index (χ4n) is 1.65. The van der Waals surface area contributed by atoms with Gasteiger partial charge in [-0.2, -0.15) is 0 Å². The molecule has 0 aliphatic carbocycles. The highest BCUT2D eigenvalue weighted by atomic mass is 16.5. The van der Waals surface area contributed by atoms with Crippen molar-refractivity contribution < 1.29 is 9.47 Å². The van der Waals surface area contributed by atoms with E-state index >= 15 is 0 Å². The molecular weight excluding hydrogens is 180 g/mol. The van der Waals surface area contributed by atoms with Gasteiger partial charge in [0, 0.05) is 32.8 Å². The summed E-state index contributed by atoms with van der Waals surface area (Å²) in [5.41, 5.74) is 0. The van der Waals surface area contributed by atoms with Gasteiger partial charge in [0.1, 0.15) is 0 Å². The molecule has 0 aromatic heterocycles. The van der Waals surface area contributed by atoms with E-state index in [1.54, 1.807) is 7.11 Å². The van der Waals surface area contributed by atoms with Crippen LogP contribution in [0.4, 0.5) is 0 Å². The molecule has 0 spiro atoms. The van der Waals surface area contributed by atoms with Gasteiger partial charge in [-0.25, -0.2) is 0 Å². The van der Waals surface area contributed by atoms with Crippen LogP contribution >= 0.6 is 0 Å². The monoisotopic (exact) mass is 202 g/mol. The predicted molar refractivity (Wildman–Crippen MR) is 56.6 cm³/mol. The number of nitrogens with one attached hydrogen (secondary N) is 1. The SMILES string of the molecule is CCN(CCOC)CC1COCCN1. The van der Waals surface area contributed by atoms with E-state index in [1.165, 1.54) is 0 Å². The fraction of sp³-hybridized carbons (Fsp3) is 1.00. The second-order valence-corrected chi connectivity index (χ2v) is 3.61. The van der Waals surface area contributed by atoms with Crippen molar-refractivity contribution in [3.63, 3.8) is 0 Å². The van der Waals surface area contributed by atoms with Crippen LogP contribution < -0.4 is 5.32 Å². The lowest BCUT2D eigenvalue weighted by Gasteiger charge is -2.29. The third kappa shape index (κ3) is 4.37. The molecule has 0 aromatic carbocycles. The Hall–Kier alpha value is -0.160. The maximum Gasteiger partial charge on any atom is 0.0632 e. The lowest BCUT2D eigenvalue weighted by molar-refractivity contribution is 0.0577. The minimum Gasteiger partial charge on any atom is -0.383 e. The Morgan fingerprint density at radius 3 is 3.00 bits per heavy atom. The molecule has 1 N–H and O–H groups in total. The van der Waals surface area contributed by atoms with Crippen LogP contribution in [-0.2, 0) is 9.47 Å². The molecule has 4 nitrogen and oxygen atoms in total. The number of methoxy groups -OCH3 is 1. The second kappa shape index (κ2) is 7.17. The van der Waals surface area contributed by atoms with Crippen LogP contribution in [0.25, 0.3) is 0 Å². The smallest absolute Gasteiger partial charge is 0.0632 e. The van der Waals surface area contributed by atoms with E-state index in [0.717, 1.165) is 46.0 Å². The van der Waals surface area contributed by atoms with Crippen LogP contribution in [0.15, 0.2) is 0 Å². The minimum atomic E-state index is 0.487. The molecule has 0 radical (unpaired) electrons. The van der Waals surface area contributed by atoms with Crippen LogP contribution in [-0.4, -0.2) is 64.1 Å². The van der Waals surface area contributed by atoms with E-state index < -0.39 is 0 Å². The zero-order valence-corrected chi connectivity index (χ0v) is 9.29. The van der Waals surface area contributed by atoms with Crippen LogP contribution in [0, 0.1) is 0 Å². The van der Waals surface area contributed by atoms with Crippen LogP contribution in [0.2, 0.25) is 0 Å². The number of rotatable bonds is 6. The van der Waals surface area contributed by atoms with Crippen molar-refractivity contribution >= 4 is 0 Å². The number of hydrogen-bond acceptors (Lipinski definition) is 4. The summed E-state index contributed by atoms with van der Waals surface area (Å²) in [5, 5.41) is 3.45. The molecule has 1 atom stereocenters. The average molecular weight is 202 g/mol. The fourth-order valence-corrected chi connectivity index (χ4v) is 1.65. The normalized spacial score (nSPS) is 22.9. The summed E-state index contributed by atoms with van der Waals surface area (Å²) < 4.78 is 10.5. The van der Waals surface area contributed by atoms with Gasteiger partial charge in [0.05, 0.1) is 19.8 Å². The third-order valence-electron chi connectivity index (χ3n) is 2.54. The highest BCUT2D eigenvalue weighted by molar-refractivity contribution is 4.74. The molecule has 1 aliphatic heterocycles. The molecular formula is C10H22N2O2. The minimum absolute atomic E-state index is 0.487. The van der Waals surface area contributed by atoms with E-state index in [4.69, 9.17) is 9.47 Å². The van der Waals surface area contributed by atoms with Crippen LogP contribution in [0.5, 0.6) is 0 Å². The summed E-state index contributed by atoms with van der Waals surface area (Å²) >= 11 is 0. The summed E-state index contributed by atoms with van der Waals surface area (Å²) in [7, 11) is 1.75. The topological polar surface area (TPSA) is 33.7 Å². The van der Waals surface area contributed by atoms with Gasteiger partial charge in [0.2, 0.25) is 0 Å². The molecule has 0 bridgehead atoms. The first-order valence-electron chi connectivity index (χ1n) is 5.39. The zero-order valence-electron chi connectivity index (χ0n) is 9.29. The first-order valence-corrected chi connectivity index (χ1v) is 5.39. The van der Waals surface area contributed by atoms with Crippen LogP contribution in [0.3, 0.4) is 0 Å². The Bertz CT molecular complexity index is 138. The summed E-state index contributed by atoms with van der Waals surface area (Å²) in [6.07, 6.45) is 0. The van der Waals surface area contributed by atoms with Crippen molar-refractivity contribution in [3.05, 3.63) is 0 Å². The molecule has 84 valence electrons. The summed E-state index contributed by atoms with van der Waals surface area (Å²) in [6.45, 7) is 8.78. The number of morpholine rings is 1. The number of likely N-dealkylation sites (N-methyl/N-ethyl adjacent to an activating group) is 1. The van der Waals surface area contributed by atoms with Crippen molar-refractivity contribution in [2.45, 2.75) is 13.0 Å². The van der Waals surface area contributed by atoms with E-state index in [-0.39, 0.29) is 0 Å². The van der Waals surface area contributed by atoms with Crippen molar-refractivity contribution in [2.24, 2.45) is 0 Å². The Morgan fingerprint density at radius 2 is 2.43 bits per heavy atom. The molecule has 0 saturated carbocycles. The lowest BCUT2D eigenvalue weighted by Crippen LogP contribution is -2.48. The second-order valence-electron chi connectivity index (χ2n) is 3.61. The Balaban J connectivity index is 2.16. The van der Waals surface area contributed by atoms with Gasteiger partial charge in [-0.05, 0) is 6.54 Å². The standard InChI is InChI=1S/C10H22N2O2/c1-3-12(5-7-13-2)8-10-9-14-6-4-11-10/h10-11H,3-9H2,1-2H3. The molecule has 1 fully saturated rings. The molecule has 4 heteroatoms. The van der Waals surface area contributed by atoms with Gasteiger partial charge in [-0.3, -0.25) is 4.90 Å². The molecule has 0 amide bonds. The average Bonchev–Trinajstić information content (AvgIpc) is 2.25. The maximum atomic E-state index is 5.41. The lowest BCUT2D eigenvalue weighted by atomic mass is 10.2. The molecule has 1 heterocycles. The highest BCUT2D eigenvalue weighted by Gasteiger charge is 2.15. The third-order valence-corrected chi connectivity index (χ3v) is 2.54.